The first kappa shape index (κ1) is 34.2. The van der Waals surface area contributed by atoms with Crippen LogP contribution in [0.15, 0.2) is 90.1 Å². The minimum atomic E-state index is -4.67. The summed E-state index contributed by atoms with van der Waals surface area (Å²) in [5.41, 5.74) is 0.0537. The van der Waals surface area contributed by atoms with Gasteiger partial charge in [0.2, 0.25) is 5.95 Å². The van der Waals surface area contributed by atoms with E-state index in [1.807, 2.05) is 6.07 Å². The second kappa shape index (κ2) is 13.5. The van der Waals surface area contributed by atoms with Crippen LogP contribution in [0.4, 0.5) is 35.5 Å². The molecule has 2 heterocycles. The topological polar surface area (TPSA) is 137 Å². The van der Waals surface area contributed by atoms with Crippen LogP contribution in [0, 0.1) is 22.7 Å². The third-order valence-electron chi connectivity index (χ3n) is 7.33. The van der Waals surface area contributed by atoms with Crippen LogP contribution in [0.25, 0.3) is 0 Å². The van der Waals surface area contributed by atoms with E-state index in [9.17, 15) is 33.3 Å². The number of nitriles is 2. The van der Waals surface area contributed by atoms with Crippen molar-refractivity contribution in [1.82, 2.24) is 14.8 Å². The lowest BCUT2D eigenvalue weighted by molar-refractivity contribution is -0.153. The maximum Gasteiger partial charge on any atom is 0.417 e. The first-order valence-corrected chi connectivity index (χ1v) is 14.9. The molecule has 0 spiro atoms. The molecule has 0 fully saturated rings. The summed E-state index contributed by atoms with van der Waals surface area (Å²) in [6, 6.07) is 22.8. The lowest BCUT2D eigenvalue weighted by Crippen LogP contribution is -2.40. The fourth-order valence-corrected chi connectivity index (χ4v) is 5.17. The van der Waals surface area contributed by atoms with Gasteiger partial charge in [-0.1, -0.05) is 48.5 Å². The van der Waals surface area contributed by atoms with Gasteiger partial charge in [-0.25, -0.2) is 14.4 Å². The highest BCUT2D eigenvalue weighted by atomic mass is 19.4. The van der Waals surface area contributed by atoms with Crippen molar-refractivity contribution >= 4 is 29.6 Å². The molecule has 0 N–H and O–H groups in total. The number of anilines is 3. The molecule has 1 aliphatic heterocycles. The molecule has 4 aromatic rings. The van der Waals surface area contributed by atoms with Crippen molar-refractivity contribution < 1.29 is 32.2 Å². The summed E-state index contributed by atoms with van der Waals surface area (Å²) in [5, 5.41) is 24.3. The smallest absolute Gasteiger partial charge is 0.417 e. The van der Waals surface area contributed by atoms with Gasteiger partial charge in [0.1, 0.15) is 24.8 Å². The van der Waals surface area contributed by atoms with Crippen LogP contribution < -0.4 is 9.80 Å². The molecule has 250 valence electrons. The van der Waals surface area contributed by atoms with Crippen LogP contribution >= 0.6 is 0 Å². The minimum Gasteiger partial charge on any atom is -0.459 e. The molecule has 0 saturated heterocycles. The highest BCUT2D eigenvalue weighted by Crippen LogP contribution is 2.44. The number of amides is 1. The zero-order chi connectivity index (χ0) is 35.5. The number of rotatable bonds is 7. The second-order valence-electron chi connectivity index (χ2n) is 12.0. The molecule has 5 rings (SSSR count). The van der Waals surface area contributed by atoms with Crippen molar-refractivity contribution in [2.75, 3.05) is 16.3 Å². The molecule has 3 aromatic carbocycles. The molecular weight excluding hydrogens is 639 g/mol. The summed E-state index contributed by atoms with van der Waals surface area (Å²) >= 11 is 0. The van der Waals surface area contributed by atoms with Gasteiger partial charge in [0.25, 0.3) is 5.95 Å². The number of hydrogen-bond donors (Lipinski definition) is 0. The zero-order valence-corrected chi connectivity index (χ0v) is 26.9. The van der Waals surface area contributed by atoms with E-state index in [1.54, 1.807) is 82.3 Å². The van der Waals surface area contributed by atoms with Crippen molar-refractivity contribution in [3.8, 4) is 12.1 Å². The number of nitrogens with zero attached hydrogens (tertiary/aromatic N) is 7. The summed E-state index contributed by atoms with van der Waals surface area (Å²) in [5.74, 6) is -1.19. The maximum atomic E-state index is 13.8. The number of benzene rings is 3. The van der Waals surface area contributed by atoms with E-state index in [1.165, 1.54) is 21.7 Å². The Balaban J connectivity index is 1.67. The summed E-state index contributed by atoms with van der Waals surface area (Å²) in [7, 11) is 0. The lowest BCUT2D eigenvalue weighted by Gasteiger charge is -2.34. The highest BCUT2D eigenvalue weighted by Gasteiger charge is 2.39. The zero-order valence-electron chi connectivity index (χ0n) is 26.9. The van der Waals surface area contributed by atoms with E-state index in [0.717, 1.165) is 17.0 Å². The van der Waals surface area contributed by atoms with Crippen LogP contribution in [0.5, 0.6) is 0 Å². The van der Waals surface area contributed by atoms with Crippen LogP contribution in [0.3, 0.4) is 0 Å². The van der Waals surface area contributed by atoms with Crippen molar-refractivity contribution in [3.05, 3.63) is 112 Å². The average molecular weight is 670 g/mol. The predicted molar refractivity (Wildman–Crippen MR) is 171 cm³/mol. The number of esters is 1. The molecule has 14 heteroatoms. The van der Waals surface area contributed by atoms with Crippen molar-refractivity contribution in [1.29, 1.82) is 10.5 Å². The average Bonchev–Trinajstić information content (AvgIpc) is 3.49. The van der Waals surface area contributed by atoms with Gasteiger partial charge in [0.15, 0.2) is 0 Å². The van der Waals surface area contributed by atoms with Gasteiger partial charge < -0.3 is 9.47 Å². The van der Waals surface area contributed by atoms with Crippen molar-refractivity contribution in [2.24, 2.45) is 0 Å². The first-order valence-electron chi connectivity index (χ1n) is 14.9. The lowest BCUT2D eigenvalue weighted by atomic mass is 9.95. The number of aromatic nitrogens is 3. The van der Waals surface area contributed by atoms with Gasteiger partial charge in [-0.3, -0.25) is 9.69 Å². The Morgan fingerprint density at radius 2 is 1.65 bits per heavy atom. The molecule has 1 unspecified atom stereocenters. The van der Waals surface area contributed by atoms with Gasteiger partial charge in [0.05, 0.1) is 28.8 Å². The molecule has 0 bridgehead atoms. The predicted octanol–water partition coefficient (Wildman–Crippen LogP) is 7.19. The summed E-state index contributed by atoms with van der Waals surface area (Å²) in [6.07, 6.45) is -5.67. The number of alkyl halides is 3. The number of carbonyl (C=O) groups is 2. The van der Waals surface area contributed by atoms with E-state index in [0.29, 0.717) is 16.7 Å². The molecular formula is C35H30F3N7O4. The molecule has 1 aromatic heterocycles. The normalized spacial score (nSPS) is 14.4. The number of hydrogen-bond acceptors (Lipinski definition) is 9. The largest absolute Gasteiger partial charge is 0.459 e. The molecule has 0 saturated carbocycles. The molecule has 0 aliphatic carbocycles. The summed E-state index contributed by atoms with van der Waals surface area (Å²) < 4.78 is 53.7. The standard InChI is InChI=1S/C35H30F3N7O4/c1-22-28(19-40)30(25-15-13-23(18-39)14-16-25)45-32(44(22)27-12-8-11-26(17-27)35(36,37)38)41-31(42-45)43(20-29(46)49-34(2,3)4)33(47)48-21-24-9-6-5-7-10-24/h5-17,30H,20-21H2,1-4H3. The van der Waals surface area contributed by atoms with E-state index in [-0.39, 0.29) is 35.5 Å². The van der Waals surface area contributed by atoms with Gasteiger partial charge in [-0.2, -0.15) is 28.7 Å². The molecule has 1 aliphatic rings. The molecule has 0 radical (unpaired) electrons. The van der Waals surface area contributed by atoms with Gasteiger partial charge >= 0.3 is 18.2 Å². The Labute approximate surface area is 280 Å². The van der Waals surface area contributed by atoms with Crippen molar-refractivity contribution in [3.63, 3.8) is 0 Å². The third kappa shape index (κ3) is 7.55. The number of ether oxygens (including phenoxy) is 2. The minimum absolute atomic E-state index is 0.0175. The Morgan fingerprint density at radius 3 is 2.27 bits per heavy atom. The Kier molecular flexibility index (Phi) is 9.44. The first-order chi connectivity index (χ1) is 23.2. The fraction of sp³-hybridized carbons (Fsp3) is 0.257. The van der Waals surface area contributed by atoms with Crippen molar-refractivity contribution in [2.45, 2.75) is 52.1 Å². The Morgan fingerprint density at radius 1 is 0.959 bits per heavy atom. The third-order valence-corrected chi connectivity index (χ3v) is 7.33. The van der Waals surface area contributed by atoms with Crippen LogP contribution in [-0.2, 0) is 27.1 Å². The van der Waals surface area contributed by atoms with E-state index < -0.39 is 42.0 Å². The fourth-order valence-electron chi connectivity index (χ4n) is 5.17. The highest BCUT2D eigenvalue weighted by molar-refractivity contribution is 5.92. The molecule has 1 atom stereocenters. The van der Waals surface area contributed by atoms with Gasteiger partial charge in [-0.15, -0.1) is 5.10 Å². The van der Waals surface area contributed by atoms with E-state index in [2.05, 4.69) is 16.2 Å². The Bertz CT molecular complexity index is 1990. The van der Waals surface area contributed by atoms with E-state index in [4.69, 9.17) is 9.47 Å². The Hall–Kier alpha value is -6.15. The van der Waals surface area contributed by atoms with Crippen LogP contribution in [0.2, 0.25) is 0 Å². The summed E-state index contributed by atoms with van der Waals surface area (Å²) in [6.45, 7) is 5.70. The maximum absolute atomic E-state index is 13.8. The monoisotopic (exact) mass is 669 g/mol. The van der Waals surface area contributed by atoms with E-state index >= 15 is 0 Å². The number of allylic oxidation sites excluding steroid dienone is 2. The quantitative estimate of drug-likeness (QED) is 0.187. The summed E-state index contributed by atoms with van der Waals surface area (Å²) in [4.78, 5) is 33.4. The number of carbonyl (C=O) groups excluding carboxylic acids is 2. The molecule has 49 heavy (non-hydrogen) atoms. The van der Waals surface area contributed by atoms with Crippen LogP contribution in [0.1, 0.15) is 56.0 Å². The number of fused-ring (bicyclic) bond motifs is 1. The van der Waals surface area contributed by atoms with Gasteiger partial charge in [-0.05, 0) is 69.2 Å². The second-order valence-corrected chi connectivity index (χ2v) is 12.0. The SMILES string of the molecule is CC1=C(C#N)C(c2ccc(C#N)cc2)n2nc(N(CC(=O)OC(C)(C)C)C(=O)OCc3ccccc3)nc2N1c1cccc(C(F)(F)F)c1. The number of halogens is 3. The van der Waals surface area contributed by atoms with Gasteiger partial charge in [0, 0.05) is 11.4 Å². The molecule has 11 nitrogen and oxygen atoms in total. The molecule has 1 amide bonds. The van der Waals surface area contributed by atoms with Crippen LogP contribution in [-0.4, -0.2) is 39.0 Å².